The van der Waals surface area contributed by atoms with Crippen LogP contribution in [0.1, 0.15) is 33.0 Å². The van der Waals surface area contributed by atoms with E-state index in [2.05, 4.69) is 31.4 Å². The van der Waals surface area contributed by atoms with Crippen LogP contribution in [0.2, 0.25) is 0 Å². The van der Waals surface area contributed by atoms with Crippen LogP contribution in [-0.4, -0.2) is 52.0 Å². The van der Waals surface area contributed by atoms with Crippen molar-refractivity contribution in [2.24, 2.45) is 16.3 Å². The number of furan rings is 1. The molecule has 2 heterocycles. The Morgan fingerprint density at radius 3 is 2.77 bits per heavy atom. The number of halogens is 1. The summed E-state index contributed by atoms with van der Waals surface area (Å²) in [5.41, 5.74) is 0.0524. The fourth-order valence-electron chi connectivity index (χ4n) is 2.79. The van der Waals surface area contributed by atoms with Crippen LogP contribution in [0.25, 0.3) is 0 Å². The average molecular weight is 479 g/mol. The molecule has 26 heavy (non-hydrogen) atoms. The van der Waals surface area contributed by atoms with Gasteiger partial charge in [0.15, 0.2) is 5.96 Å². The molecule has 1 saturated heterocycles. The molecule has 1 fully saturated rings. The van der Waals surface area contributed by atoms with Crippen molar-refractivity contribution in [2.45, 2.75) is 39.7 Å². The third kappa shape index (κ3) is 8.26. The lowest BCUT2D eigenvalue weighted by Crippen LogP contribution is -2.42. The highest BCUT2D eigenvalue weighted by atomic mass is 127. The number of guanidine groups is 1. The zero-order chi connectivity index (χ0) is 18.1. The van der Waals surface area contributed by atoms with E-state index in [0.717, 1.165) is 50.9 Å². The first-order valence-electron chi connectivity index (χ1n) is 9.14. The summed E-state index contributed by atoms with van der Waals surface area (Å²) in [6, 6.07) is 3.90. The summed E-state index contributed by atoms with van der Waals surface area (Å²) in [5.74, 6) is 2.35. The lowest BCUT2D eigenvalue weighted by molar-refractivity contribution is 0.0241. The van der Waals surface area contributed by atoms with Gasteiger partial charge >= 0.3 is 0 Å². The molecule has 150 valence electrons. The number of nitrogens with zero attached hydrogens (tertiary/aromatic N) is 1. The number of nitrogens with one attached hydrogen (secondary N) is 2. The van der Waals surface area contributed by atoms with Gasteiger partial charge in [0.05, 0.1) is 25.5 Å². The van der Waals surface area contributed by atoms with E-state index in [1.54, 1.807) is 13.4 Å². The second-order valence-electron chi connectivity index (χ2n) is 7.65. The fraction of sp³-hybridized carbons (Fsp3) is 0.737. The van der Waals surface area contributed by atoms with Crippen molar-refractivity contribution in [1.29, 1.82) is 0 Å². The van der Waals surface area contributed by atoms with E-state index in [1.807, 2.05) is 12.1 Å². The molecule has 0 bridgehead atoms. The van der Waals surface area contributed by atoms with Gasteiger partial charge in [-0.1, -0.05) is 20.8 Å². The third-order valence-electron chi connectivity index (χ3n) is 4.49. The lowest BCUT2D eigenvalue weighted by Gasteiger charge is -2.28. The van der Waals surface area contributed by atoms with E-state index in [0.29, 0.717) is 12.5 Å². The predicted molar refractivity (Wildman–Crippen MR) is 115 cm³/mol. The van der Waals surface area contributed by atoms with E-state index < -0.39 is 0 Å². The predicted octanol–water partition coefficient (Wildman–Crippen LogP) is 3.07. The zero-order valence-electron chi connectivity index (χ0n) is 16.4. The molecule has 2 rings (SSSR count). The molecule has 2 N–H and O–H groups in total. The molecule has 0 radical (unpaired) electrons. The average Bonchev–Trinajstić information content (AvgIpc) is 3.24. The molecule has 2 atom stereocenters. The lowest BCUT2D eigenvalue weighted by atomic mass is 9.89. The summed E-state index contributed by atoms with van der Waals surface area (Å²) in [6.07, 6.45) is 3.71. The standard InChI is InChI=1S/C19H33N3O3.HI/c1-19(2,3)17(23-4)13-22-18(21-12-15-8-11-24-14-15)20-9-7-16-6-5-10-25-16;/h5-6,10,15,17H,7-9,11-14H2,1-4H3,(H2,20,21,22);1H. The minimum absolute atomic E-state index is 0. The molecule has 6 nitrogen and oxygen atoms in total. The Morgan fingerprint density at radius 2 is 2.19 bits per heavy atom. The minimum Gasteiger partial charge on any atom is -0.469 e. The van der Waals surface area contributed by atoms with Gasteiger partial charge in [0.1, 0.15) is 5.76 Å². The smallest absolute Gasteiger partial charge is 0.191 e. The van der Waals surface area contributed by atoms with Gasteiger partial charge < -0.3 is 24.5 Å². The van der Waals surface area contributed by atoms with Gasteiger partial charge in [-0.25, -0.2) is 0 Å². The molecule has 2 unspecified atom stereocenters. The topological polar surface area (TPSA) is 68.0 Å². The van der Waals surface area contributed by atoms with Crippen molar-refractivity contribution in [2.75, 3.05) is 40.0 Å². The molecule has 0 spiro atoms. The quantitative estimate of drug-likeness (QED) is 0.341. The Hall–Kier alpha value is -0.800. The highest BCUT2D eigenvalue weighted by molar-refractivity contribution is 14.0. The van der Waals surface area contributed by atoms with Gasteiger partial charge in [-0.3, -0.25) is 4.99 Å². The van der Waals surface area contributed by atoms with Crippen LogP contribution in [0.4, 0.5) is 0 Å². The second-order valence-corrected chi connectivity index (χ2v) is 7.65. The Kier molecular flexibility index (Phi) is 10.6. The number of ether oxygens (including phenoxy) is 2. The van der Waals surface area contributed by atoms with Gasteiger partial charge in [-0.15, -0.1) is 24.0 Å². The molecule has 7 heteroatoms. The molecule has 1 aliphatic rings. The largest absolute Gasteiger partial charge is 0.469 e. The Labute approximate surface area is 174 Å². The Bertz CT molecular complexity index is 509. The molecule has 1 aromatic rings. The van der Waals surface area contributed by atoms with Crippen LogP contribution in [0.5, 0.6) is 0 Å². The van der Waals surface area contributed by atoms with E-state index in [9.17, 15) is 0 Å². The molecule has 0 aromatic carbocycles. The van der Waals surface area contributed by atoms with Crippen LogP contribution < -0.4 is 10.6 Å². The Balaban J connectivity index is 0.00000338. The first-order chi connectivity index (χ1) is 12.0. The van der Waals surface area contributed by atoms with E-state index in [-0.39, 0.29) is 35.5 Å². The monoisotopic (exact) mass is 479 g/mol. The molecule has 0 saturated carbocycles. The van der Waals surface area contributed by atoms with E-state index in [1.165, 1.54) is 0 Å². The van der Waals surface area contributed by atoms with Crippen molar-refractivity contribution in [3.8, 4) is 0 Å². The first kappa shape index (κ1) is 23.2. The number of aliphatic imine (C=N–C) groups is 1. The normalized spacial score (nSPS) is 19.1. The van der Waals surface area contributed by atoms with Gasteiger partial charge in [0, 0.05) is 39.1 Å². The fourth-order valence-corrected chi connectivity index (χ4v) is 2.79. The number of hydrogen-bond donors (Lipinski definition) is 2. The molecule has 0 aliphatic carbocycles. The summed E-state index contributed by atoms with van der Waals surface area (Å²) in [5, 5.41) is 6.84. The first-order valence-corrected chi connectivity index (χ1v) is 9.14. The zero-order valence-corrected chi connectivity index (χ0v) is 18.7. The summed E-state index contributed by atoms with van der Waals surface area (Å²) >= 11 is 0. The van der Waals surface area contributed by atoms with Crippen molar-refractivity contribution < 1.29 is 13.9 Å². The maximum Gasteiger partial charge on any atom is 0.191 e. The van der Waals surface area contributed by atoms with Gasteiger partial charge in [-0.2, -0.15) is 0 Å². The molecule has 0 amide bonds. The number of rotatable bonds is 8. The van der Waals surface area contributed by atoms with Crippen molar-refractivity contribution in [1.82, 2.24) is 10.6 Å². The maximum atomic E-state index is 5.61. The minimum atomic E-state index is 0. The van der Waals surface area contributed by atoms with Crippen LogP contribution in [0.15, 0.2) is 27.8 Å². The van der Waals surface area contributed by atoms with Gasteiger partial charge in [0.2, 0.25) is 0 Å². The van der Waals surface area contributed by atoms with Crippen molar-refractivity contribution in [3.05, 3.63) is 24.2 Å². The second kappa shape index (κ2) is 11.8. The SMILES string of the molecule is COC(CN=C(NCCc1ccco1)NCC1CCOC1)C(C)(C)C.I. The van der Waals surface area contributed by atoms with E-state index >= 15 is 0 Å². The van der Waals surface area contributed by atoms with Crippen LogP contribution in [0, 0.1) is 11.3 Å². The summed E-state index contributed by atoms with van der Waals surface area (Å²) in [7, 11) is 1.75. The highest BCUT2D eigenvalue weighted by Crippen LogP contribution is 2.21. The highest BCUT2D eigenvalue weighted by Gasteiger charge is 2.24. The molecular weight excluding hydrogens is 445 g/mol. The maximum absolute atomic E-state index is 5.61. The molecular formula is C19H34IN3O3. The van der Waals surface area contributed by atoms with Crippen molar-refractivity contribution >= 4 is 29.9 Å². The summed E-state index contributed by atoms with van der Waals surface area (Å²) in [4.78, 5) is 4.74. The van der Waals surface area contributed by atoms with Crippen LogP contribution in [0.3, 0.4) is 0 Å². The van der Waals surface area contributed by atoms with Crippen LogP contribution in [-0.2, 0) is 15.9 Å². The molecule has 1 aliphatic heterocycles. The van der Waals surface area contributed by atoms with Gasteiger partial charge in [-0.05, 0) is 24.0 Å². The summed E-state index contributed by atoms with van der Waals surface area (Å²) < 4.78 is 16.4. The third-order valence-corrected chi connectivity index (χ3v) is 4.49. The number of methoxy groups -OCH3 is 1. The van der Waals surface area contributed by atoms with Crippen LogP contribution >= 0.6 is 24.0 Å². The number of hydrogen-bond acceptors (Lipinski definition) is 4. The summed E-state index contributed by atoms with van der Waals surface area (Å²) in [6.45, 7) is 10.5. The van der Waals surface area contributed by atoms with E-state index in [4.69, 9.17) is 18.9 Å². The van der Waals surface area contributed by atoms with Crippen molar-refractivity contribution in [3.63, 3.8) is 0 Å². The van der Waals surface area contributed by atoms with Gasteiger partial charge in [0.25, 0.3) is 0 Å². The molecule has 1 aromatic heterocycles. The Morgan fingerprint density at radius 1 is 1.38 bits per heavy atom.